The first kappa shape index (κ1) is 37.4. The first-order valence-corrected chi connectivity index (χ1v) is 15.9. The lowest BCUT2D eigenvalue weighted by Gasteiger charge is -2.28. The molecule has 48 heavy (non-hydrogen) atoms. The summed E-state index contributed by atoms with van der Waals surface area (Å²) in [6.07, 6.45) is -3.73. The SMILES string of the molecule is COc1cc(C(CC(C)=O)OP(=O)(OC(CC(C)=O)c2cc(OC)c(OC(C)=O)cc2N)C(=O)Oc2ccccc2)ccc1OC(C)=O. The molecule has 3 aromatic carbocycles. The minimum Gasteiger partial charge on any atom is -0.493 e. The van der Waals surface area contributed by atoms with Crippen molar-refractivity contribution in [2.75, 3.05) is 20.0 Å². The first-order chi connectivity index (χ1) is 22.6. The normalized spacial score (nSPS) is 13.3. The highest BCUT2D eigenvalue weighted by Gasteiger charge is 2.44. The molecule has 2 N–H and O–H groups in total. The Balaban J connectivity index is 2.17. The van der Waals surface area contributed by atoms with Crippen molar-refractivity contribution in [1.29, 1.82) is 0 Å². The number of carbonyl (C=O) groups is 5. The fourth-order valence-electron chi connectivity index (χ4n) is 4.42. The summed E-state index contributed by atoms with van der Waals surface area (Å²) in [6, 6.07) is 14.4. The Morgan fingerprint density at radius 3 is 1.77 bits per heavy atom. The Morgan fingerprint density at radius 1 is 0.667 bits per heavy atom. The highest BCUT2D eigenvalue weighted by atomic mass is 31.2. The van der Waals surface area contributed by atoms with E-state index in [1.807, 2.05) is 0 Å². The standard InChI is InChI=1S/C33H36NO13P/c1-19(35)14-28(23-12-13-27(43-21(3)37)30(16-23)41-5)46-48(40,33(39)45-24-10-8-7-9-11-24)47-29(15-20(2)36)25-17-31(42-6)32(18-26(25)34)44-22(4)38/h7-13,16-18,28-29H,14-15,34H2,1-6H3. The van der Waals surface area contributed by atoms with Gasteiger partial charge in [0.2, 0.25) is 0 Å². The maximum atomic E-state index is 14.7. The molecule has 3 aromatic rings. The van der Waals surface area contributed by atoms with Crippen molar-refractivity contribution in [3.63, 3.8) is 0 Å². The van der Waals surface area contributed by atoms with Crippen LogP contribution in [0.4, 0.5) is 10.5 Å². The van der Waals surface area contributed by atoms with Gasteiger partial charge in [-0.2, -0.15) is 0 Å². The Kier molecular flexibility index (Phi) is 13.0. The van der Waals surface area contributed by atoms with E-state index in [0.717, 1.165) is 0 Å². The van der Waals surface area contributed by atoms with Crippen LogP contribution in [0.1, 0.15) is 63.9 Å². The molecule has 0 saturated carbocycles. The molecule has 0 bridgehead atoms. The van der Waals surface area contributed by atoms with Gasteiger partial charge >= 0.3 is 25.2 Å². The van der Waals surface area contributed by atoms with Gasteiger partial charge in [0, 0.05) is 44.0 Å². The van der Waals surface area contributed by atoms with Crippen molar-refractivity contribution in [3.8, 4) is 28.7 Å². The van der Waals surface area contributed by atoms with E-state index in [0.29, 0.717) is 0 Å². The third-order valence-corrected chi connectivity index (χ3v) is 8.04. The van der Waals surface area contributed by atoms with Gasteiger partial charge in [-0.15, -0.1) is 0 Å². The average Bonchev–Trinajstić information content (AvgIpc) is 3.00. The molecule has 0 fully saturated rings. The zero-order valence-corrected chi connectivity index (χ0v) is 28.1. The number of carbonyl (C=O) groups excluding carboxylic acids is 5. The van der Waals surface area contributed by atoms with E-state index in [2.05, 4.69) is 0 Å². The van der Waals surface area contributed by atoms with Crippen molar-refractivity contribution >= 4 is 42.5 Å². The highest BCUT2D eigenvalue weighted by Crippen LogP contribution is 2.58. The molecule has 0 aliphatic carbocycles. The monoisotopic (exact) mass is 685 g/mol. The number of esters is 2. The van der Waals surface area contributed by atoms with E-state index in [1.54, 1.807) is 18.2 Å². The summed E-state index contributed by atoms with van der Waals surface area (Å²) in [6.45, 7) is 4.87. The number of methoxy groups -OCH3 is 2. The number of nitrogens with two attached hydrogens (primary N) is 1. The summed E-state index contributed by atoms with van der Waals surface area (Å²) in [5.41, 5.74) is 5.00. The van der Waals surface area contributed by atoms with Crippen LogP contribution < -0.4 is 29.4 Å². The lowest BCUT2D eigenvalue weighted by Crippen LogP contribution is -2.19. The molecule has 15 heteroatoms. The molecular formula is C33H36NO13P. The molecule has 0 radical (unpaired) electrons. The van der Waals surface area contributed by atoms with Crippen LogP contribution in [0.5, 0.6) is 28.7 Å². The average molecular weight is 686 g/mol. The smallest absolute Gasteiger partial charge is 0.440 e. The number of rotatable bonds is 16. The molecule has 3 unspecified atom stereocenters. The van der Waals surface area contributed by atoms with Crippen LogP contribution in [-0.4, -0.2) is 43.4 Å². The van der Waals surface area contributed by atoms with E-state index in [9.17, 15) is 28.5 Å². The number of para-hydroxylation sites is 1. The van der Waals surface area contributed by atoms with Crippen LogP contribution in [0.2, 0.25) is 0 Å². The minimum absolute atomic E-state index is 0.000446. The van der Waals surface area contributed by atoms with Crippen LogP contribution in [0.3, 0.4) is 0 Å². The fourth-order valence-corrected chi connectivity index (χ4v) is 5.91. The van der Waals surface area contributed by atoms with Gasteiger partial charge in [0.25, 0.3) is 0 Å². The summed E-state index contributed by atoms with van der Waals surface area (Å²) in [5.74, 6) is -2.03. The van der Waals surface area contributed by atoms with Crippen molar-refractivity contribution in [2.24, 2.45) is 0 Å². The third kappa shape index (κ3) is 10.2. The number of ketones is 2. The maximum absolute atomic E-state index is 14.7. The Morgan fingerprint density at radius 2 is 1.21 bits per heavy atom. The van der Waals surface area contributed by atoms with Gasteiger partial charge in [-0.25, -0.2) is 9.36 Å². The highest BCUT2D eigenvalue weighted by molar-refractivity contribution is 7.71. The molecule has 0 spiro atoms. The van der Waals surface area contributed by atoms with Crippen LogP contribution >= 0.6 is 7.60 Å². The van der Waals surface area contributed by atoms with Gasteiger partial charge in [0.1, 0.15) is 23.4 Å². The zero-order chi connectivity index (χ0) is 35.6. The molecule has 0 aliphatic heterocycles. The van der Waals surface area contributed by atoms with Crippen molar-refractivity contribution < 1.29 is 61.3 Å². The van der Waals surface area contributed by atoms with Gasteiger partial charge < -0.3 is 29.4 Å². The number of hydrogen-bond donors (Lipinski definition) is 1. The van der Waals surface area contributed by atoms with E-state index in [4.69, 9.17) is 38.5 Å². The number of benzene rings is 3. The molecule has 0 aliphatic rings. The number of anilines is 1. The lowest BCUT2D eigenvalue weighted by molar-refractivity contribution is -0.132. The van der Waals surface area contributed by atoms with E-state index < -0.39 is 61.9 Å². The predicted octanol–water partition coefficient (Wildman–Crippen LogP) is 6.30. The quantitative estimate of drug-likeness (QED) is 0.0763. The van der Waals surface area contributed by atoms with Crippen molar-refractivity contribution in [2.45, 2.75) is 52.7 Å². The van der Waals surface area contributed by atoms with Gasteiger partial charge in [0.15, 0.2) is 23.0 Å². The summed E-state index contributed by atoms with van der Waals surface area (Å²) in [5, 5.41) is 0. The van der Waals surface area contributed by atoms with E-state index >= 15 is 0 Å². The van der Waals surface area contributed by atoms with Gasteiger partial charge in [-0.1, -0.05) is 24.3 Å². The second kappa shape index (κ2) is 16.7. The van der Waals surface area contributed by atoms with Crippen LogP contribution in [-0.2, 0) is 32.8 Å². The topological polar surface area (TPSA) is 193 Å². The number of nitrogen functional groups attached to an aromatic ring is 1. The van der Waals surface area contributed by atoms with E-state index in [-0.39, 0.29) is 45.6 Å². The van der Waals surface area contributed by atoms with E-state index in [1.165, 1.54) is 84.4 Å². The second-order valence-corrected chi connectivity index (χ2v) is 12.2. The molecule has 14 nitrogen and oxygen atoms in total. The third-order valence-electron chi connectivity index (χ3n) is 6.43. The lowest BCUT2D eigenvalue weighted by atomic mass is 10.0. The minimum atomic E-state index is -5.14. The van der Waals surface area contributed by atoms with Gasteiger partial charge in [-0.3, -0.25) is 28.2 Å². The fraction of sp³-hybridized carbons (Fsp3) is 0.303. The molecule has 0 heterocycles. The summed E-state index contributed by atoms with van der Waals surface area (Å²) < 4.78 is 52.9. The Hall–Kier alpha value is -5.04. The second-order valence-electron chi connectivity index (χ2n) is 10.4. The van der Waals surface area contributed by atoms with Gasteiger partial charge in [0.05, 0.1) is 20.3 Å². The summed E-state index contributed by atoms with van der Waals surface area (Å²) in [4.78, 5) is 61.8. The first-order valence-electron chi connectivity index (χ1n) is 14.4. The number of hydrogen-bond acceptors (Lipinski definition) is 14. The van der Waals surface area contributed by atoms with Crippen LogP contribution in [0.25, 0.3) is 0 Å². The molecule has 0 aromatic heterocycles. The molecule has 3 rings (SSSR count). The number of ether oxygens (including phenoxy) is 5. The largest absolute Gasteiger partial charge is 0.493 e. The summed E-state index contributed by atoms with van der Waals surface area (Å²) >= 11 is 0. The van der Waals surface area contributed by atoms with Crippen LogP contribution in [0.15, 0.2) is 60.7 Å². The zero-order valence-electron chi connectivity index (χ0n) is 27.2. The number of Topliss-reactive ketones (excluding diaryl/α,β-unsaturated/α-hetero) is 2. The molecule has 0 saturated heterocycles. The maximum Gasteiger partial charge on any atom is 0.440 e. The van der Waals surface area contributed by atoms with Crippen LogP contribution in [0, 0.1) is 0 Å². The molecular weight excluding hydrogens is 649 g/mol. The van der Waals surface area contributed by atoms with Gasteiger partial charge in [-0.05, 0) is 49.7 Å². The van der Waals surface area contributed by atoms with Crippen molar-refractivity contribution in [1.82, 2.24) is 0 Å². The summed E-state index contributed by atoms with van der Waals surface area (Å²) in [7, 11) is -2.53. The predicted molar refractivity (Wildman–Crippen MR) is 171 cm³/mol. The molecule has 0 amide bonds. The van der Waals surface area contributed by atoms with Crippen molar-refractivity contribution in [3.05, 3.63) is 71.8 Å². The molecule has 3 atom stereocenters. The molecule has 256 valence electrons. The Labute approximate surface area is 276 Å². The Bertz CT molecular complexity index is 1720.